The third-order valence-corrected chi connectivity index (χ3v) is 4.80. The van der Waals surface area contributed by atoms with Gasteiger partial charge in [-0.1, -0.05) is 42.0 Å². The highest BCUT2D eigenvalue weighted by Crippen LogP contribution is 2.24. The molecule has 0 fully saturated rings. The van der Waals surface area contributed by atoms with Gasteiger partial charge in [0.25, 0.3) is 0 Å². The van der Waals surface area contributed by atoms with Crippen molar-refractivity contribution in [3.63, 3.8) is 0 Å². The molecular weight excluding hydrogens is 366 g/mol. The van der Waals surface area contributed by atoms with Crippen molar-refractivity contribution in [3.05, 3.63) is 83.4 Å². The van der Waals surface area contributed by atoms with Gasteiger partial charge in [-0.2, -0.15) is 0 Å². The fourth-order valence-electron chi connectivity index (χ4n) is 3.14. The van der Waals surface area contributed by atoms with Crippen molar-refractivity contribution in [2.45, 2.75) is 25.7 Å². The molecule has 29 heavy (non-hydrogen) atoms. The molecule has 0 aliphatic heterocycles. The van der Waals surface area contributed by atoms with Gasteiger partial charge in [0.1, 0.15) is 11.6 Å². The molecule has 3 rings (SSSR count). The summed E-state index contributed by atoms with van der Waals surface area (Å²) in [5, 5.41) is 13.8. The van der Waals surface area contributed by atoms with Gasteiger partial charge in [-0.3, -0.25) is 0 Å². The van der Waals surface area contributed by atoms with Gasteiger partial charge in [0.05, 0.1) is 32.5 Å². The number of nitrogens with zero attached hydrogens (tertiary/aromatic N) is 2. The average Bonchev–Trinajstić information content (AvgIpc) is 3.15. The summed E-state index contributed by atoms with van der Waals surface area (Å²) in [6, 6.07) is 15.9. The van der Waals surface area contributed by atoms with Crippen LogP contribution in [0.2, 0.25) is 0 Å². The molecule has 2 unspecified atom stereocenters. The summed E-state index contributed by atoms with van der Waals surface area (Å²) in [4.78, 5) is 4.48. The van der Waals surface area contributed by atoms with Gasteiger partial charge in [0.15, 0.2) is 0 Å². The van der Waals surface area contributed by atoms with Crippen molar-refractivity contribution in [2.75, 3.05) is 20.3 Å². The Morgan fingerprint density at radius 1 is 1.17 bits per heavy atom. The molecule has 2 atom stereocenters. The fraction of sp³-hybridized carbons (Fsp3) is 0.348. The van der Waals surface area contributed by atoms with Crippen LogP contribution in [0.15, 0.2) is 60.9 Å². The highest BCUT2D eigenvalue weighted by atomic mass is 16.5. The van der Waals surface area contributed by atoms with E-state index in [1.807, 2.05) is 54.2 Å². The topological polar surface area (TPSA) is 68.5 Å². The number of methoxy groups -OCH3 is 1. The molecule has 0 amide bonds. The van der Waals surface area contributed by atoms with Gasteiger partial charge in [0, 0.05) is 26.0 Å². The predicted molar refractivity (Wildman–Crippen MR) is 113 cm³/mol. The second-order valence-electron chi connectivity index (χ2n) is 7.17. The molecule has 6 nitrogen and oxygen atoms in total. The number of aryl methyl sites for hydroxylation is 2. The number of nitrogens with one attached hydrogen (secondary N) is 1. The lowest BCUT2D eigenvalue weighted by atomic mass is 10.1. The molecule has 2 aromatic carbocycles. The van der Waals surface area contributed by atoms with Crippen LogP contribution in [0.3, 0.4) is 0 Å². The molecule has 0 radical (unpaired) electrons. The summed E-state index contributed by atoms with van der Waals surface area (Å²) >= 11 is 0. The number of hydrogen-bond acceptors (Lipinski definition) is 5. The second kappa shape index (κ2) is 10.2. The standard InChI is InChI=1S/C23H29N3O3/c1-17-7-9-18(10-8-17)15-29-16-20(27)14-25-22(23-24-11-12-26(23)2)19-5-4-6-21(13-19)28-3/h4-13,20,22,25,27H,14-16H2,1-3H3. The molecule has 3 aromatic rings. The minimum Gasteiger partial charge on any atom is -0.497 e. The monoisotopic (exact) mass is 395 g/mol. The van der Waals surface area contributed by atoms with Crippen molar-refractivity contribution >= 4 is 0 Å². The van der Waals surface area contributed by atoms with Crippen LogP contribution in [0.1, 0.15) is 28.6 Å². The SMILES string of the molecule is COc1cccc(C(NCC(O)COCc2ccc(C)cc2)c2nccn2C)c1. The maximum Gasteiger partial charge on any atom is 0.130 e. The zero-order valence-electron chi connectivity index (χ0n) is 17.2. The van der Waals surface area contributed by atoms with E-state index in [-0.39, 0.29) is 12.6 Å². The van der Waals surface area contributed by atoms with Crippen LogP contribution in [-0.2, 0) is 18.4 Å². The summed E-state index contributed by atoms with van der Waals surface area (Å²) < 4.78 is 13.0. The van der Waals surface area contributed by atoms with E-state index in [2.05, 4.69) is 29.4 Å². The van der Waals surface area contributed by atoms with Crippen molar-refractivity contribution in [1.82, 2.24) is 14.9 Å². The maximum absolute atomic E-state index is 10.4. The van der Waals surface area contributed by atoms with E-state index in [9.17, 15) is 5.11 Å². The van der Waals surface area contributed by atoms with Gasteiger partial charge in [-0.15, -0.1) is 0 Å². The quantitative estimate of drug-likeness (QED) is 0.552. The number of aliphatic hydroxyl groups excluding tert-OH is 1. The van der Waals surface area contributed by atoms with Crippen LogP contribution in [0.5, 0.6) is 5.75 Å². The van der Waals surface area contributed by atoms with Crippen molar-refractivity contribution in [2.24, 2.45) is 7.05 Å². The van der Waals surface area contributed by atoms with Crippen molar-refractivity contribution < 1.29 is 14.6 Å². The predicted octanol–water partition coefficient (Wildman–Crippen LogP) is 2.99. The Bertz CT molecular complexity index is 892. The smallest absolute Gasteiger partial charge is 0.130 e. The third kappa shape index (κ3) is 5.90. The van der Waals surface area contributed by atoms with Crippen molar-refractivity contribution in [1.29, 1.82) is 0 Å². The second-order valence-corrected chi connectivity index (χ2v) is 7.17. The van der Waals surface area contributed by atoms with Crippen LogP contribution in [0.4, 0.5) is 0 Å². The van der Waals surface area contributed by atoms with E-state index in [0.717, 1.165) is 22.7 Å². The molecule has 2 N–H and O–H groups in total. The average molecular weight is 396 g/mol. The van der Waals surface area contributed by atoms with E-state index >= 15 is 0 Å². The Hall–Kier alpha value is -2.67. The first kappa shape index (κ1) is 21.0. The lowest BCUT2D eigenvalue weighted by molar-refractivity contribution is 0.0279. The Morgan fingerprint density at radius 2 is 1.97 bits per heavy atom. The molecule has 6 heteroatoms. The van der Waals surface area contributed by atoms with E-state index in [1.165, 1.54) is 5.56 Å². The first-order valence-electron chi connectivity index (χ1n) is 9.72. The highest BCUT2D eigenvalue weighted by molar-refractivity contribution is 5.33. The zero-order valence-corrected chi connectivity index (χ0v) is 17.2. The molecule has 0 aliphatic carbocycles. The van der Waals surface area contributed by atoms with Crippen molar-refractivity contribution in [3.8, 4) is 5.75 Å². The summed E-state index contributed by atoms with van der Waals surface area (Å²) in [6.07, 6.45) is 3.05. The molecule has 1 aromatic heterocycles. The van der Waals surface area contributed by atoms with Crippen LogP contribution in [0.25, 0.3) is 0 Å². The lowest BCUT2D eigenvalue weighted by Gasteiger charge is -2.21. The third-order valence-electron chi connectivity index (χ3n) is 4.80. The summed E-state index contributed by atoms with van der Waals surface area (Å²) in [7, 11) is 3.61. The summed E-state index contributed by atoms with van der Waals surface area (Å²) in [5.41, 5.74) is 3.33. The number of ether oxygens (including phenoxy) is 2. The van der Waals surface area contributed by atoms with Gasteiger partial charge in [0.2, 0.25) is 0 Å². The van der Waals surface area contributed by atoms with Crippen LogP contribution in [-0.4, -0.2) is 41.0 Å². The van der Waals surface area contributed by atoms with Gasteiger partial charge >= 0.3 is 0 Å². The molecule has 0 saturated heterocycles. The van der Waals surface area contributed by atoms with E-state index in [4.69, 9.17) is 9.47 Å². The molecule has 0 aliphatic rings. The molecule has 1 heterocycles. The Balaban J connectivity index is 1.59. The number of hydrogen-bond donors (Lipinski definition) is 2. The number of aliphatic hydroxyl groups is 1. The minimum atomic E-state index is -0.631. The van der Waals surface area contributed by atoms with E-state index in [1.54, 1.807) is 13.3 Å². The number of imidazole rings is 1. The fourth-order valence-corrected chi connectivity index (χ4v) is 3.14. The summed E-state index contributed by atoms with van der Waals surface area (Å²) in [6.45, 7) is 3.17. The first-order valence-corrected chi connectivity index (χ1v) is 9.72. The minimum absolute atomic E-state index is 0.170. The molecular formula is C23H29N3O3. The lowest BCUT2D eigenvalue weighted by Crippen LogP contribution is -2.34. The van der Waals surface area contributed by atoms with Gasteiger partial charge < -0.3 is 24.5 Å². The molecule has 0 spiro atoms. The van der Waals surface area contributed by atoms with E-state index < -0.39 is 6.10 Å². The molecule has 0 saturated carbocycles. The zero-order chi connectivity index (χ0) is 20.6. The number of aromatic nitrogens is 2. The summed E-state index contributed by atoms with van der Waals surface area (Å²) in [5.74, 6) is 1.65. The largest absolute Gasteiger partial charge is 0.497 e. The van der Waals surface area contributed by atoms with E-state index in [0.29, 0.717) is 13.2 Å². The molecule has 154 valence electrons. The Kier molecular flexibility index (Phi) is 7.41. The van der Waals surface area contributed by atoms with Crippen LogP contribution < -0.4 is 10.1 Å². The Labute approximate surface area is 172 Å². The van der Waals surface area contributed by atoms with Crippen LogP contribution in [0, 0.1) is 6.92 Å². The number of rotatable bonds is 10. The number of benzene rings is 2. The normalized spacial score (nSPS) is 13.2. The first-order chi connectivity index (χ1) is 14.1. The van der Waals surface area contributed by atoms with Gasteiger partial charge in [-0.05, 0) is 30.2 Å². The van der Waals surface area contributed by atoms with Gasteiger partial charge in [-0.25, -0.2) is 4.98 Å². The van der Waals surface area contributed by atoms with Crippen LogP contribution >= 0.6 is 0 Å². The molecule has 0 bridgehead atoms. The Morgan fingerprint density at radius 3 is 2.66 bits per heavy atom. The highest BCUT2D eigenvalue weighted by Gasteiger charge is 2.20. The maximum atomic E-state index is 10.4.